The molecule has 7 heteroatoms. The lowest BCUT2D eigenvalue weighted by Gasteiger charge is -2.31. The third kappa shape index (κ3) is 3.68. The van der Waals surface area contributed by atoms with Gasteiger partial charge in [-0.15, -0.1) is 0 Å². The van der Waals surface area contributed by atoms with E-state index < -0.39 is 0 Å². The number of aryl methyl sites for hydroxylation is 1. The van der Waals surface area contributed by atoms with Gasteiger partial charge < -0.3 is 10.1 Å². The van der Waals surface area contributed by atoms with Gasteiger partial charge in [-0.2, -0.15) is 5.10 Å². The molecule has 1 N–H and O–H groups in total. The molecule has 1 aliphatic rings. The second-order valence-corrected chi connectivity index (χ2v) is 5.87. The molecule has 1 aliphatic heterocycles. The highest BCUT2D eigenvalue weighted by molar-refractivity contribution is 5.92. The Kier molecular flexibility index (Phi) is 5.00. The quantitative estimate of drug-likeness (QED) is 0.907. The summed E-state index contributed by atoms with van der Waals surface area (Å²) in [7, 11) is 1.52. The summed E-state index contributed by atoms with van der Waals surface area (Å²) in [6.45, 7) is 1.38. The van der Waals surface area contributed by atoms with Crippen molar-refractivity contribution >= 4 is 5.91 Å². The molecule has 0 bridgehead atoms. The normalized spacial score (nSPS) is 16.5. The number of hydrogen-bond acceptors (Lipinski definition) is 5. The summed E-state index contributed by atoms with van der Waals surface area (Å²) in [5, 5.41) is 7.07. The van der Waals surface area contributed by atoms with E-state index >= 15 is 0 Å². The summed E-state index contributed by atoms with van der Waals surface area (Å²) in [6, 6.07) is 6.45. The van der Waals surface area contributed by atoms with Crippen molar-refractivity contribution in [3.63, 3.8) is 0 Å². The van der Waals surface area contributed by atoms with Crippen molar-refractivity contribution in [2.75, 3.05) is 13.2 Å². The van der Waals surface area contributed by atoms with Gasteiger partial charge in [0, 0.05) is 38.7 Å². The second kappa shape index (κ2) is 7.35. The number of carbonyl (C=O) groups excluding carboxylic acids is 1. The van der Waals surface area contributed by atoms with Crippen LogP contribution in [-0.4, -0.2) is 33.9 Å². The molecule has 3 heterocycles. The van der Waals surface area contributed by atoms with Gasteiger partial charge in [-0.1, -0.05) is 6.07 Å². The topological polar surface area (TPSA) is 86.1 Å². The molecule has 1 amide bonds. The summed E-state index contributed by atoms with van der Waals surface area (Å²) < 4.78 is 6.58. The molecule has 1 fully saturated rings. The van der Waals surface area contributed by atoms with Crippen LogP contribution in [0.4, 0.5) is 0 Å². The highest BCUT2D eigenvalue weighted by atomic mass is 16.5. The molecule has 3 rings (SSSR count). The zero-order chi connectivity index (χ0) is 16.9. The van der Waals surface area contributed by atoms with E-state index in [4.69, 9.17) is 4.74 Å². The maximum absolute atomic E-state index is 12.6. The van der Waals surface area contributed by atoms with Crippen LogP contribution < -0.4 is 10.9 Å². The number of nitrogens with one attached hydrogen (secondary N) is 1. The van der Waals surface area contributed by atoms with Crippen molar-refractivity contribution in [1.82, 2.24) is 20.1 Å². The minimum atomic E-state index is -0.300. The highest BCUT2D eigenvalue weighted by Gasteiger charge is 2.27. The molecule has 1 atom stereocenters. The first kappa shape index (κ1) is 16.3. The molecular weight excluding hydrogens is 308 g/mol. The predicted octanol–water partition coefficient (Wildman–Crippen LogP) is 1.07. The standard InChI is InChI=1S/C17H20N4O3/c1-21-15(22)5-4-14(20-21)17(23)19-16(12-6-9-24-10-7-12)13-3-2-8-18-11-13/h2-5,8,11-12,16H,6-7,9-10H2,1H3,(H,19,23)/t16-/m1/s1. The smallest absolute Gasteiger partial charge is 0.272 e. The maximum Gasteiger partial charge on any atom is 0.272 e. The van der Waals surface area contributed by atoms with Gasteiger partial charge in [0.2, 0.25) is 0 Å². The molecular formula is C17H20N4O3. The third-order valence-electron chi connectivity index (χ3n) is 4.26. The summed E-state index contributed by atoms with van der Waals surface area (Å²) in [5.74, 6) is -0.0228. The van der Waals surface area contributed by atoms with E-state index in [1.165, 1.54) is 19.2 Å². The number of amides is 1. The number of ether oxygens (including phenoxy) is 1. The SMILES string of the molecule is Cn1nc(C(=O)N[C@@H](c2cccnc2)C2CCOCC2)ccc1=O. The van der Waals surface area contributed by atoms with Crippen molar-refractivity contribution in [1.29, 1.82) is 0 Å². The fraction of sp³-hybridized carbons (Fsp3) is 0.412. The van der Waals surface area contributed by atoms with E-state index in [1.807, 2.05) is 12.1 Å². The van der Waals surface area contributed by atoms with Gasteiger partial charge in [-0.3, -0.25) is 14.6 Å². The summed E-state index contributed by atoms with van der Waals surface area (Å²) >= 11 is 0. The van der Waals surface area contributed by atoms with Gasteiger partial charge in [0.25, 0.3) is 11.5 Å². The number of nitrogens with zero attached hydrogens (tertiary/aromatic N) is 3. The number of rotatable bonds is 4. The predicted molar refractivity (Wildman–Crippen MR) is 87.5 cm³/mol. The fourth-order valence-corrected chi connectivity index (χ4v) is 2.92. The van der Waals surface area contributed by atoms with E-state index in [0.29, 0.717) is 13.2 Å². The Morgan fingerprint density at radius 2 is 2.12 bits per heavy atom. The lowest BCUT2D eigenvalue weighted by Crippen LogP contribution is -2.37. The van der Waals surface area contributed by atoms with Crippen LogP contribution in [-0.2, 0) is 11.8 Å². The second-order valence-electron chi connectivity index (χ2n) is 5.87. The monoisotopic (exact) mass is 328 g/mol. The lowest BCUT2D eigenvalue weighted by atomic mass is 9.87. The molecule has 2 aromatic heterocycles. The molecule has 24 heavy (non-hydrogen) atoms. The molecule has 0 spiro atoms. The molecule has 0 aromatic carbocycles. The Bertz CT molecular complexity index is 754. The van der Waals surface area contributed by atoms with E-state index in [1.54, 1.807) is 12.4 Å². The van der Waals surface area contributed by atoms with E-state index in [2.05, 4.69) is 15.4 Å². The minimum Gasteiger partial charge on any atom is -0.381 e. The molecule has 0 unspecified atom stereocenters. The van der Waals surface area contributed by atoms with Crippen molar-refractivity contribution in [3.05, 3.63) is 58.3 Å². The molecule has 0 radical (unpaired) electrons. The molecule has 0 aliphatic carbocycles. The fourth-order valence-electron chi connectivity index (χ4n) is 2.92. The van der Waals surface area contributed by atoms with Crippen molar-refractivity contribution in [2.24, 2.45) is 13.0 Å². The van der Waals surface area contributed by atoms with Crippen LogP contribution in [0.5, 0.6) is 0 Å². The summed E-state index contributed by atoms with van der Waals surface area (Å²) in [4.78, 5) is 28.2. The van der Waals surface area contributed by atoms with Crippen LogP contribution in [0, 0.1) is 5.92 Å². The van der Waals surface area contributed by atoms with Gasteiger partial charge >= 0.3 is 0 Å². The number of aromatic nitrogens is 3. The van der Waals surface area contributed by atoms with E-state index in [0.717, 1.165) is 23.1 Å². The van der Waals surface area contributed by atoms with Crippen LogP contribution in [0.1, 0.15) is 34.9 Å². The summed E-state index contributed by atoms with van der Waals surface area (Å²) in [5.41, 5.74) is 0.931. The molecule has 7 nitrogen and oxygen atoms in total. The van der Waals surface area contributed by atoms with E-state index in [-0.39, 0.29) is 29.1 Å². The van der Waals surface area contributed by atoms with Crippen molar-refractivity contribution in [2.45, 2.75) is 18.9 Å². The van der Waals surface area contributed by atoms with Crippen LogP contribution in [0.15, 0.2) is 41.5 Å². The zero-order valence-corrected chi connectivity index (χ0v) is 13.5. The molecule has 0 saturated carbocycles. The molecule has 1 saturated heterocycles. The van der Waals surface area contributed by atoms with Gasteiger partial charge in [-0.05, 0) is 36.5 Å². The Hall–Kier alpha value is -2.54. The van der Waals surface area contributed by atoms with Crippen molar-refractivity contribution < 1.29 is 9.53 Å². The van der Waals surface area contributed by atoms with Gasteiger partial charge in [0.15, 0.2) is 0 Å². The zero-order valence-electron chi connectivity index (χ0n) is 13.5. The minimum absolute atomic E-state index is 0.158. The lowest BCUT2D eigenvalue weighted by molar-refractivity contribution is 0.0512. The largest absolute Gasteiger partial charge is 0.381 e. The van der Waals surface area contributed by atoms with Crippen LogP contribution >= 0.6 is 0 Å². The van der Waals surface area contributed by atoms with Crippen LogP contribution in [0.25, 0.3) is 0 Å². The van der Waals surface area contributed by atoms with Gasteiger partial charge in [0.1, 0.15) is 5.69 Å². The van der Waals surface area contributed by atoms with E-state index in [9.17, 15) is 9.59 Å². The first-order chi connectivity index (χ1) is 11.6. The van der Waals surface area contributed by atoms with Crippen LogP contribution in [0.2, 0.25) is 0 Å². The Morgan fingerprint density at radius 1 is 1.33 bits per heavy atom. The van der Waals surface area contributed by atoms with Crippen LogP contribution in [0.3, 0.4) is 0 Å². The van der Waals surface area contributed by atoms with Crippen molar-refractivity contribution in [3.8, 4) is 0 Å². The van der Waals surface area contributed by atoms with Gasteiger partial charge in [-0.25, -0.2) is 4.68 Å². The number of hydrogen-bond donors (Lipinski definition) is 1. The van der Waals surface area contributed by atoms with Gasteiger partial charge in [0.05, 0.1) is 6.04 Å². The Labute approximate surface area is 139 Å². The maximum atomic E-state index is 12.6. The Balaban J connectivity index is 1.84. The first-order valence-corrected chi connectivity index (χ1v) is 7.98. The first-order valence-electron chi connectivity index (χ1n) is 7.98. The average Bonchev–Trinajstić information content (AvgIpc) is 2.63. The average molecular weight is 328 g/mol. The highest BCUT2D eigenvalue weighted by Crippen LogP contribution is 2.29. The molecule has 126 valence electrons. The molecule has 2 aromatic rings. The third-order valence-corrected chi connectivity index (χ3v) is 4.26. The number of pyridine rings is 1. The number of carbonyl (C=O) groups is 1. The summed E-state index contributed by atoms with van der Waals surface area (Å²) in [6.07, 6.45) is 5.23. The Morgan fingerprint density at radius 3 is 2.79 bits per heavy atom.